The molecule has 0 spiro atoms. The van der Waals surface area contributed by atoms with Crippen LogP contribution < -0.4 is 0 Å². The summed E-state index contributed by atoms with van der Waals surface area (Å²) in [4.78, 5) is 12.2. The summed E-state index contributed by atoms with van der Waals surface area (Å²) in [5.41, 5.74) is 3.00. The van der Waals surface area contributed by atoms with Crippen molar-refractivity contribution in [2.45, 2.75) is 16.1 Å². The second-order valence-corrected chi connectivity index (χ2v) is 7.01. The van der Waals surface area contributed by atoms with E-state index in [1.807, 2.05) is 61.5 Å². The van der Waals surface area contributed by atoms with Crippen LogP contribution in [0, 0.1) is 6.92 Å². The lowest BCUT2D eigenvalue weighted by atomic mass is 9.91. The Balaban J connectivity index is 2.52. The first-order valence-electron chi connectivity index (χ1n) is 6.53. The van der Waals surface area contributed by atoms with Crippen molar-refractivity contribution in [2.75, 3.05) is 7.11 Å². The number of hydrogen-bond donors (Lipinski definition) is 0. The highest BCUT2D eigenvalue weighted by molar-refractivity contribution is 9.12. The van der Waals surface area contributed by atoms with Crippen LogP contribution in [0.5, 0.6) is 0 Å². The Morgan fingerprint density at radius 3 is 2.19 bits per heavy atom. The van der Waals surface area contributed by atoms with E-state index in [-0.39, 0.29) is 10.8 Å². The van der Waals surface area contributed by atoms with Crippen molar-refractivity contribution < 1.29 is 9.53 Å². The van der Waals surface area contributed by atoms with E-state index in [2.05, 4.69) is 31.9 Å². The molecule has 0 saturated carbocycles. The molecule has 2 aromatic rings. The highest BCUT2D eigenvalue weighted by Gasteiger charge is 2.46. The van der Waals surface area contributed by atoms with E-state index in [9.17, 15) is 4.79 Å². The van der Waals surface area contributed by atoms with E-state index in [1.54, 1.807) is 0 Å². The van der Waals surface area contributed by atoms with Gasteiger partial charge >= 0.3 is 5.97 Å². The maximum atomic E-state index is 12.4. The number of alkyl halides is 2. The molecule has 0 fully saturated rings. The highest BCUT2D eigenvalue weighted by Crippen LogP contribution is 2.49. The maximum absolute atomic E-state index is 12.4. The highest BCUT2D eigenvalue weighted by atomic mass is 79.9. The molecule has 4 heteroatoms. The Kier molecular flexibility index (Phi) is 5.22. The average molecular weight is 412 g/mol. The van der Waals surface area contributed by atoms with Gasteiger partial charge in [-0.2, -0.15) is 0 Å². The third kappa shape index (κ3) is 3.22. The summed E-state index contributed by atoms with van der Waals surface area (Å²) in [6, 6.07) is 17.7. The maximum Gasteiger partial charge on any atom is 0.328 e. The van der Waals surface area contributed by atoms with Gasteiger partial charge in [-0.1, -0.05) is 92.0 Å². The fraction of sp³-hybridized carbons (Fsp3) is 0.235. The van der Waals surface area contributed by atoms with Crippen LogP contribution in [-0.2, 0) is 13.9 Å². The van der Waals surface area contributed by atoms with Gasteiger partial charge in [0.25, 0.3) is 0 Å². The Labute approximate surface area is 141 Å². The van der Waals surface area contributed by atoms with Crippen molar-refractivity contribution in [3.8, 4) is 0 Å². The first-order chi connectivity index (χ1) is 10.00. The van der Waals surface area contributed by atoms with Gasteiger partial charge < -0.3 is 4.74 Å². The zero-order valence-corrected chi connectivity index (χ0v) is 15.0. The van der Waals surface area contributed by atoms with E-state index < -0.39 is 4.32 Å². The van der Waals surface area contributed by atoms with Crippen LogP contribution in [0.2, 0.25) is 0 Å². The Morgan fingerprint density at radius 2 is 1.67 bits per heavy atom. The summed E-state index contributed by atoms with van der Waals surface area (Å²) >= 11 is 7.28. The Bertz CT molecular complexity index is 610. The molecular formula is C17H16Br2O2. The molecule has 0 N–H and O–H groups in total. The van der Waals surface area contributed by atoms with Gasteiger partial charge in [0.05, 0.1) is 11.9 Å². The zero-order chi connectivity index (χ0) is 15.5. The first kappa shape index (κ1) is 16.2. The summed E-state index contributed by atoms with van der Waals surface area (Å²) in [6.07, 6.45) is 0. The van der Waals surface area contributed by atoms with Crippen molar-refractivity contribution >= 4 is 37.8 Å². The number of carbonyl (C=O) groups is 1. The van der Waals surface area contributed by atoms with Crippen molar-refractivity contribution in [3.05, 3.63) is 71.3 Å². The van der Waals surface area contributed by atoms with Crippen molar-refractivity contribution in [1.29, 1.82) is 0 Å². The number of benzene rings is 2. The Hall–Kier alpha value is -1.13. The van der Waals surface area contributed by atoms with Crippen molar-refractivity contribution in [3.63, 3.8) is 0 Å². The Morgan fingerprint density at radius 1 is 1.10 bits per heavy atom. The van der Waals surface area contributed by atoms with Gasteiger partial charge in [-0.3, -0.25) is 4.79 Å². The first-order valence-corrected chi connectivity index (χ1v) is 8.24. The number of esters is 1. The predicted molar refractivity (Wildman–Crippen MR) is 91.9 cm³/mol. The van der Waals surface area contributed by atoms with E-state index in [0.717, 1.165) is 16.7 Å². The van der Waals surface area contributed by atoms with Crippen LogP contribution >= 0.6 is 31.9 Å². The molecule has 0 saturated heterocycles. The number of halogens is 2. The number of carbonyl (C=O) groups excluding carboxylic acids is 1. The second-order valence-electron chi connectivity index (χ2n) is 4.84. The third-order valence-electron chi connectivity index (χ3n) is 3.40. The quantitative estimate of drug-likeness (QED) is 0.528. The van der Waals surface area contributed by atoms with Crippen LogP contribution in [0.25, 0.3) is 0 Å². The molecule has 0 radical (unpaired) electrons. The largest absolute Gasteiger partial charge is 0.468 e. The molecule has 0 aromatic heterocycles. The number of rotatable bonds is 4. The van der Waals surface area contributed by atoms with Gasteiger partial charge in [-0.15, -0.1) is 0 Å². The minimum absolute atomic E-state index is 0.249. The molecule has 0 aliphatic heterocycles. The van der Waals surface area contributed by atoms with E-state index in [4.69, 9.17) is 4.74 Å². The lowest BCUT2D eigenvalue weighted by Gasteiger charge is -2.30. The molecule has 0 heterocycles. The van der Waals surface area contributed by atoms with Crippen LogP contribution in [0.1, 0.15) is 21.5 Å². The molecule has 2 atom stereocenters. The summed E-state index contributed by atoms with van der Waals surface area (Å²) in [7, 11) is 1.40. The molecule has 0 aliphatic carbocycles. The van der Waals surface area contributed by atoms with Gasteiger partial charge in [0, 0.05) is 0 Å². The lowest BCUT2D eigenvalue weighted by Crippen LogP contribution is -2.34. The minimum Gasteiger partial charge on any atom is -0.468 e. The average Bonchev–Trinajstić information content (AvgIpc) is 2.54. The summed E-state index contributed by atoms with van der Waals surface area (Å²) in [6.45, 7) is 2.01. The van der Waals surface area contributed by atoms with Crippen LogP contribution in [0.15, 0.2) is 54.6 Å². The zero-order valence-electron chi connectivity index (χ0n) is 11.8. The minimum atomic E-state index is -0.975. The van der Waals surface area contributed by atoms with Gasteiger partial charge in [0.15, 0.2) is 4.32 Å². The molecule has 0 aliphatic rings. The molecule has 0 amide bonds. The number of methoxy groups -OCH3 is 1. The normalized spacial score (nSPS) is 15.0. The van der Waals surface area contributed by atoms with Gasteiger partial charge in [0.1, 0.15) is 0 Å². The van der Waals surface area contributed by atoms with E-state index in [0.29, 0.717) is 0 Å². The molecule has 2 rings (SSSR count). The fourth-order valence-electron chi connectivity index (χ4n) is 2.16. The number of ether oxygens (including phenoxy) is 1. The van der Waals surface area contributed by atoms with Gasteiger partial charge in [-0.25, -0.2) is 0 Å². The summed E-state index contributed by atoms with van der Waals surface area (Å²) in [5, 5.41) is 0. The topological polar surface area (TPSA) is 26.3 Å². The van der Waals surface area contributed by atoms with Crippen molar-refractivity contribution in [1.82, 2.24) is 0 Å². The van der Waals surface area contributed by atoms with Gasteiger partial charge in [-0.05, 0) is 18.1 Å². The van der Waals surface area contributed by atoms with Crippen LogP contribution in [0.3, 0.4) is 0 Å². The SMILES string of the molecule is COC(=O)[C@](Br)(c1ccc(C)cc1)[C@H](Br)c1ccccc1. The van der Waals surface area contributed by atoms with Gasteiger partial charge in [0.2, 0.25) is 0 Å². The molecule has 2 nitrogen and oxygen atoms in total. The lowest BCUT2D eigenvalue weighted by molar-refractivity contribution is -0.143. The summed E-state index contributed by atoms with van der Waals surface area (Å²) in [5.74, 6) is -0.336. The molecule has 21 heavy (non-hydrogen) atoms. The standard InChI is InChI=1S/C17H16Br2O2/c1-12-8-10-14(11-9-12)17(19,16(20)21-2)15(18)13-6-4-3-5-7-13/h3-11,15H,1-2H3/t15-,17+/m1/s1. The van der Waals surface area contributed by atoms with Crippen molar-refractivity contribution in [2.24, 2.45) is 0 Å². The second kappa shape index (κ2) is 6.75. The van der Waals surface area contributed by atoms with E-state index >= 15 is 0 Å². The molecule has 110 valence electrons. The van der Waals surface area contributed by atoms with Crippen LogP contribution in [0.4, 0.5) is 0 Å². The number of hydrogen-bond acceptors (Lipinski definition) is 2. The predicted octanol–water partition coefficient (Wildman–Crippen LogP) is 4.89. The molecular weight excluding hydrogens is 396 g/mol. The molecule has 0 unspecified atom stereocenters. The molecule has 2 aromatic carbocycles. The monoisotopic (exact) mass is 410 g/mol. The fourth-order valence-corrected chi connectivity index (χ4v) is 3.61. The third-order valence-corrected chi connectivity index (χ3v) is 6.46. The smallest absolute Gasteiger partial charge is 0.328 e. The molecule has 0 bridgehead atoms. The summed E-state index contributed by atoms with van der Waals surface area (Å²) < 4.78 is 4.05. The number of aryl methyl sites for hydroxylation is 1. The van der Waals surface area contributed by atoms with Crippen LogP contribution in [-0.4, -0.2) is 13.1 Å². The van der Waals surface area contributed by atoms with E-state index in [1.165, 1.54) is 7.11 Å².